The fourth-order valence-corrected chi connectivity index (χ4v) is 2.89. The average Bonchev–Trinajstić information content (AvgIpc) is 3.01. The van der Waals surface area contributed by atoms with Crippen LogP contribution in [0.5, 0.6) is 5.75 Å². The topological polar surface area (TPSA) is 55.5 Å². The van der Waals surface area contributed by atoms with Crippen molar-refractivity contribution in [3.63, 3.8) is 0 Å². The van der Waals surface area contributed by atoms with Crippen molar-refractivity contribution in [1.29, 1.82) is 0 Å². The number of ether oxygens (including phenoxy) is 1. The monoisotopic (exact) mass is 305 g/mol. The number of hydrogen-bond acceptors (Lipinski definition) is 4. The molecule has 4 heteroatoms. The Morgan fingerprint density at radius 3 is 2.38 bits per heavy atom. The highest BCUT2D eigenvalue weighted by molar-refractivity contribution is 7.07. The second-order valence-corrected chi connectivity index (χ2v) is 6.40. The van der Waals surface area contributed by atoms with E-state index in [-0.39, 0.29) is 5.92 Å². The summed E-state index contributed by atoms with van der Waals surface area (Å²) < 4.78 is 5.68. The van der Waals surface area contributed by atoms with Gasteiger partial charge in [0.1, 0.15) is 5.75 Å². The Kier molecular flexibility index (Phi) is 5.79. The van der Waals surface area contributed by atoms with Crippen LogP contribution in [0, 0.1) is 5.92 Å². The number of nitrogens with two attached hydrogens (primary N) is 1. The van der Waals surface area contributed by atoms with Crippen LogP contribution in [0.1, 0.15) is 37.0 Å². The minimum atomic E-state index is -0.566. The predicted molar refractivity (Wildman–Crippen MR) is 87.8 cm³/mol. The Bertz CT molecular complexity index is 522. The maximum Gasteiger partial charge on any atom is 0.119 e. The molecule has 21 heavy (non-hydrogen) atoms. The van der Waals surface area contributed by atoms with Crippen molar-refractivity contribution in [3.8, 4) is 5.75 Å². The van der Waals surface area contributed by atoms with Crippen molar-refractivity contribution in [2.24, 2.45) is 11.7 Å². The molecule has 3 nitrogen and oxygen atoms in total. The molecule has 2 aromatic rings. The van der Waals surface area contributed by atoms with Gasteiger partial charge < -0.3 is 15.6 Å². The summed E-state index contributed by atoms with van der Waals surface area (Å²) >= 11 is 1.58. The zero-order valence-electron chi connectivity index (χ0n) is 12.5. The van der Waals surface area contributed by atoms with Gasteiger partial charge >= 0.3 is 0 Å². The summed E-state index contributed by atoms with van der Waals surface area (Å²) in [4.78, 5) is 0. The summed E-state index contributed by atoms with van der Waals surface area (Å²) in [5.41, 5.74) is 7.82. The number of aliphatic hydroxyl groups is 1. The molecular formula is C17H23NO2S. The average molecular weight is 305 g/mol. The molecule has 0 spiro atoms. The molecule has 0 bridgehead atoms. The molecule has 2 rings (SSSR count). The summed E-state index contributed by atoms with van der Waals surface area (Å²) in [5.74, 6) is 1.26. The van der Waals surface area contributed by atoms with Crippen LogP contribution < -0.4 is 10.5 Å². The van der Waals surface area contributed by atoms with Gasteiger partial charge in [-0.05, 0) is 46.0 Å². The molecule has 0 amide bonds. The Labute approximate surface area is 130 Å². The summed E-state index contributed by atoms with van der Waals surface area (Å²) in [6.07, 6.45) is -0.566. The van der Waals surface area contributed by atoms with E-state index < -0.39 is 6.10 Å². The normalized spacial score (nSPS) is 14.1. The lowest BCUT2D eigenvalue weighted by Crippen LogP contribution is -2.19. The highest BCUT2D eigenvalue weighted by atomic mass is 32.1. The van der Waals surface area contributed by atoms with E-state index in [4.69, 9.17) is 10.5 Å². The fourth-order valence-electron chi connectivity index (χ4n) is 2.20. The Balaban J connectivity index is 2.08. The molecule has 0 radical (unpaired) electrons. The maximum atomic E-state index is 10.5. The number of benzene rings is 1. The molecule has 2 unspecified atom stereocenters. The van der Waals surface area contributed by atoms with E-state index in [0.717, 1.165) is 16.9 Å². The molecule has 114 valence electrons. The quantitative estimate of drug-likeness (QED) is 0.822. The van der Waals surface area contributed by atoms with Crippen LogP contribution in [0.2, 0.25) is 0 Å². The first-order valence-corrected chi connectivity index (χ1v) is 8.19. The van der Waals surface area contributed by atoms with Gasteiger partial charge in [-0.3, -0.25) is 0 Å². The van der Waals surface area contributed by atoms with Crippen molar-refractivity contribution in [3.05, 3.63) is 52.2 Å². The molecule has 0 saturated heterocycles. The maximum absolute atomic E-state index is 10.5. The third-order valence-electron chi connectivity index (χ3n) is 3.41. The minimum absolute atomic E-state index is 0.0984. The fraction of sp³-hybridized carbons (Fsp3) is 0.412. The predicted octanol–water partition coefficient (Wildman–Crippen LogP) is 3.56. The summed E-state index contributed by atoms with van der Waals surface area (Å²) in [7, 11) is 0. The lowest BCUT2D eigenvalue weighted by molar-refractivity contribution is 0.148. The van der Waals surface area contributed by atoms with Crippen LogP contribution in [0.3, 0.4) is 0 Å². The summed E-state index contributed by atoms with van der Waals surface area (Å²) in [6.45, 7) is 5.35. The number of hydrogen-bond donors (Lipinski definition) is 2. The summed E-state index contributed by atoms with van der Waals surface area (Å²) in [5, 5.41) is 14.4. The van der Waals surface area contributed by atoms with Crippen LogP contribution in [-0.4, -0.2) is 18.3 Å². The van der Waals surface area contributed by atoms with Gasteiger partial charge in [0.15, 0.2) is 0 Å². The lowest BCUT2D eigenvalue weighted by Gasteiger charge is -2.21. The van der Waals surface area contributed by atoms with E-state index in [0.29, 0.717) is 19.1 Å². The molecular weight excluding hydrogens is 282 g/mol. The Morgan fingerprint density at radius 2 is 1.86 bits per heavy atom. The molecule has 0 aliphatic rings. The van der Waals surface area contributed by atoms with Gasteiger partial charge in [-0.25, -0.2) is 0 Å². The lowest BCUT2D eigenvalue weighted by atomic mass is 9.90. The first-order chi connectivity index (χ1) is 10.1. The largest absolute Gasteiger partial charge is 0.493 e. The van der Waals surface area contributed by atoms with Crippen molar-refractivity contribution in [1.82, 2.24) is 0 Å². The Morgan fingerprint density at radius 1 is 1.14 bits per heavy atom. The molecule has 0 aliphatic carbocycles. The second-order valence-electron chi connectivity index (χ2n) is 5.62. The third kappa shape index (κ3) is 4.30. The minimum Gasteiger partial charge on any atom is -0.493 e. The van der Waals surface area contributed by atoms with Gasteiger partial charge in [0.05, 0.1) is 12.7 Å². The molecule has 0 fully saturated rings. The van der Waals surface area contributed by atoms with E-state index in [9.17, 15) is 5.11 Å². The van der Waals surface area contributed by atoms with Gasteiger partial charge in [0.2, 0.25) is 0 Å². The van der Waals surface area contributed by atoms with Crippen LogP contribution in [0.4, 0.5) is 0 Å². The number of thiophene rings is 1. The molecule has 1 aromatic carbocycles. The number of aliphatic hydroxyl groups excluding tert-OH is 1. The van der Waals surface area contributed by atoms with Crippen molar-refractivity contribution in [2.45, 2.75) is 25.9 Å². The zero-order chi connectivity index (χ0) is 15.2. The van der Waals surface area contributed by atoms with Crippen LogP contribution >= 0.6 is 11.3 Å². The standard InChI is InChI=1S/C17H23NO2S/c1-12(2)10-20-15-5-3-13(4-6-15)16(9-18)17(19)14-7-8-21-11-14/h3-8,11-12,16-17,19H,9-10,18H2,1-2H3. The van der Waals surface area contributed by atoms with E-state index in [2.05, 4.69) is 13.8 Å². The molecule has 0 aliphatic heterocycles. The Hall–Kier alpha value is -1.36. The van der Waals surface area contributed by atoms with Gasteiger partial charge in [0.25, 0.3) is 0 Å². The van der Waals surface area contributed by atoms with Crippen LogP contribution in [-0.2, 0) is 0 Å². The highest BCUT2D eigenvalue weighted by Crippen LogP contribution is 2.32. The summed E-state index contributed by atoms with van der Waals surface area (Å²) in [6, 6.07) is 9.81. The third-order valence-corrected chi connectivity index (χ3v) is 4.11. The van der Waals surface area contributed by atoms with E-state index in [1.54, 1.807) is 11.3 Å². The molecule has 3 N–H and O–H groups in total. The van der Waals surface area contributed by atoms with Crippen LogP contribution in [0.25, 0.3) is 0 Å². The van der Waals surface area contributed by atoms with Gasteiger partial charge in [-0.2, -0.15) is 11.3 Å². The van der Waals surface area contributed by atoms with Crippen molar-refractivity contribution >= 4 is 11.3 Å². The molecule has 1 aromatic heterocycles. The molecule has 1 heterocycles. The van der Waals surface area contributed by atoms with Gasteiger partial charge in [0, 0.05) is 12.5 Å². The van der Waals surface area contributed by atoms with Crippen molar-refractivity contribution in [2.75, 3.05) is 13.2 Å². The zero-order valence-corrected chi connectivity index (χ0v) is 13.3. The van der Waals surface area contributed by atoms with Gasteiger partial charge in [-0.15, -0.1) is 0 Å². The highest BCUT2D eigenvalue weighted by Gasteiger charge is 2.21. The number of rotatable bonds is 7. The van der Waals surface area contributed by atoms with Gasteiger partial charge in [-0.1, -0.05) is 26.0 Å². The smallest absolute Gasteiger partial charge is 0.119 e. The van der Waals surface area contributed by atoms with Crippen LogP contribution in [0.15, 0.2) is 41.1 Å². The second kappa shape index (κ2) is 7.59. The first-order valence-electron chi connectivity index (χ1n) is 7.24. The SMILES string of the molecule is CC(C)COc1ccc(C(CN)C(O)c2ccsc2)cc1. The van der Waals surface area contributed by atoms with E-state index >= 15 is 0 Å². The van der Waals surface area contributed by atoms with Crippen molar-refractivity contribution < 1.29 is 9.84 Å². The van der Waals surface area contributed by atoms with E-state index in [1.165, 1.54) is 0 Å². The molecule has 2 atom stereocenters. The first kappa shape index (κ1) is 16.0. The molecule has 0 saturated carbocycles. The van der Waals surface area contributed by atoms with E-state index in [1.807, 2.05) is 41.1 Å².